The van der Waals surface area contributed by atoms with E-state index in [4.69, 9.17) is 4.74 Å². The molecular formula is C16H20FN3OS. The van der Waals surface area contributed by atoms with Crippen molar-refractivity contribution in [3.63, 3.8) is 0 Å². The number of hydrogen-bond acceptors (Lipinski definition) is 5. The summed E-state index contributed by atoms with van der Waals surface area (Å²) in [7, 11) is 2.07. The second-order valence-electron chi connectivity index (χ2n) is 5.55. The van der Waals surface area contributed by atoms with Crippen LogP contribution in [-0.4, -0.2) is 29.1 Å². The van der Waals surface area contributed by atoms with Crippen molar-refractivity contribution in [3.8, 4) is 0 Å². The van der Waals surface area contributed by atoms with Gasteiger partial charge in [0.15, 0.2) is 0 Å². The first-order valence-corrected chi connectivity index (χ1v) is 8.37. The van der Waals surface area contributed by atoms with Gasteiger partial charge in [0.1, 0.15) is 11.6 Å². The molecule has 0 unspecified atom stereocenters. The van der Waals surface area contributed by atoms with Crippen LogP contribution in [0.1, 0.15) is 37.3 Å². The molecule has 1 aromatic carbocycles. The zero-order chi connectivity index (χ0) is 15.5. The van der Waals surface area contributed by atoms with E-state index in [9.17, 15) is 4.39 Å². The molecule has 2 aromatic rings. The zero-order valence-electron chi connectivity index (χ0n) is 12.8. The maximum absolute atomic E-state index is 13.1. The first-order chi connectivity index (χ1) is 10.7. The van der Waals surface area contributed by atoms with Crippen LogP contribution in [0.4, 0.5) is 9.52 Å². The van der Waals surface area contributed by atoms with Crippen molar-refractivity contribution < 1.29 is 9.13 Å². The third-order valence-electron chi connectivity index (χ3n) is 4.12. The fourth-order valence-corrected chi connectivity index (χ4v) is 3.51. The maximum Gasteiger partial charge on any atom is 0.205 e. The quantitative estimate of drug-likeness (QED) is 0.862. The lowest BCUT2D eigenvalue weighted by atomic mass is 9.97. The minimum atomic E-state index is -0.214. The largest absolute Gasteiger partial charge is 0.373 e. The molecule has 1 fully saturated rings. The van der Waals surface area contributed by atoms with E-state index in [1.54, 1.807) is 0 Å². The molecule has 0 bridgehead atoms. The first-order valence-electron chi connectivity index (χ1n) is 7.60. The van der Waals surface area contributed by atoms with E-state index in [0.29, 0.717) is 12.6 Å². The van der Waals surface area contributed by atoms with Crippen LogP contribution in [0.3, 0.4) is 0 Å². The predicted molar refractivity (Wildman–Crippen MR) is 85.8 cm³/mol. The molecule has 0 aliphatic carbocycles. The van der Waals surface area contributed by atoms with Gasteiger partial charge in [-0.05, 0) is 30.5 Å². The summed E-state index contributed by atoms with van der Waals surface area (Å²) in [5, 5.41) is 0.960. The molecule has 1 aliphatic rings. The molecule has 0 N–H and O–H groups in total. The normalized spacial score (nSPS) is 21.8. The second-order valence-corrected chi connectivity index (χ2v) is 6.28. The number of aromatic nitrogens is 2. The van der Waals surface area contributed by atoms with Gasteiger partial charge in [-0.3, -0.25) is 0 Å². The van der Waals surface area contributed by atoms with Crippen LogP contribution in [0.15, 0.2) is 24.3 Å². The van der Waals surface area contributed by atoms with Gasteiger partial charge in [-0.15, -0.1) is 0 Å². The standard InChI is InChI=1S/C16H20FN3OS/c1-3-15-18-16(22-19-15)20(2)13-8-9-21-14(10-13)11-4-6-12(17)7-5-11/h4-7,13-14H,3,8-10H2,1-2H3/t13-,14-/m0/s1. The number of nitrogens with zero attached hydrogens (tertiary/aromatic N) is 3. The summed E-state index contributed by atoms with van der Waals surface area (Å²) < 4.78 is 23.3. The topological polar surface area (TPSA) is 38.2 Å². The molecule has 0 spiro atoms. The fourth-order valence-electron chi connectivity index (χ4n) is 2.73. The molecule has 0 amide bonds. The Bertz CT molecular complexity index is 616. The van der Waals surface area contributed by atoms with Gasteiger partial charge in [0.05, 0.1) is 6.10 Å². The monoisotopic (exact) mass is 321 g/mol. The lowest BCUT2D eigenvalue weighted by Gasteiger charge is -2.35. The van der Waals surface area contributed by atoms with Crippen LogP contribution in [0.5, 0.6) is 0 Å². The second kappa shape index (κ2) is 6.71. The molecule has 1 aromatic heterocycles. The smallest absolute Gasteiger partial charge is 0.205 e. The Morgan fingerprint density at radius 3 is 2.82 bits per heavy atom. The van der Waals surface area contributed by atoms with Crippen molar-refractivity contribution in [3.05, 3.63) is 41.5 Å². The number of anilines is 1. The van der Waals surface area contributed by atoms with E-state index in [1.165, 1.54) is 23.7 Å². The van der Waals surface area contributed by atoms with Crippen LogP contribution in [0, 0.1) is 5.82 Å². The van der Waals surface area contributed by atoms with Gasteiger partial charge >= 0.3 is 0 Å². The first kappa shape index (κ1) is 15.4. The molecule has 4 nitrogen and oxygen atoms in total. The Morgan fingerprint density at radius 2 is 2.14 bits per heavy atom. The molecule has 6 heteroatoms. The van der Waals surface area contributed by atoms with Gasteiger partial charge in [-0.2, -0.15) is 4.37 Å². The molecule has 3 rings (SSSR count). The van der Waals surface area contributed by atoms with E-state index >= 15 is 0 Å². The van der Waals surface area contributed by atoms with Crippen LogP contribution in [0.25, 0.3) is 0 Å². The van der Waals surface area contributed by atoms with Gasteiger partial charge in [-0.25, -0.2) is 9.37 Å². The summed E-state index contributed by atoms with van der Waals surface area (Å²) in [6, 6.07) is 6.96. The highest BCUT2D eigenvalue weighted by Gasteiger charge is 2.28. The minimum Gasteiger partial charge on any atom is -0.373 e. The summed E-state index contributed by atoms with van der Waals surface area (Å²) in [6.45, 7) is 2.77. The van der Waals surface area contributed by atoms with E-state index < -0.39 is 0 Å². The maximum atomic E-state index is 13.1. The van der Waals surface area contributed by atoms with E-state index in [2.05, 4.69) is 28.2 Å². The number of benzene rings is 1. The molecule has 1 aliphatic heterocycles. The van der Waals surface area contributed by atoms with Gasteiger partial charge in [0.2, 0.25) is 5.13 Å². The number of ether oxygens (including phenoxy) is 1. The summed E-state index contributed by atoms with van der Waals surface area (Å²) >= 11 is 1.45. The van der Waals surface area contributed by atoms with Crippen LogP contribution >= 0.6 is 11.5 Å². The number of halogens is 1. The van der Waals surface area contributed by atoms with Crippen molar-refractivity contribution in [2.45, 2.75) is 38.3 Å². The van der Waals surface area contributed by atoms with Crippen LogP contribution in [-0.2, 0) is 11.2 Å². The molecule has 0 radical (unpaired) electrons. The fraction of sp³-hybridized carbons (Fsp3) is 0.500. The van der Waals surface area contributed by atoms with E-state index in [1.807, 2.05) is 12.1 Å². The minimum absolute atomic E-state index is 0.0142. The summed E-state index contributed by atoms with van der Waals surface area (Å²) in [4.78, 5) is 6.76. The Labute approximate surface area is 134 Å². The molecule has 118 valence electrons. The Hall–Kier alpha value is -1.53. The molecule has 22 heavy (non-hydrogen) atoms. The molecular weight excluding hydrogens is 301 g/mol. The zero-order valence-corrected chi connectivity index (χ0v) is 13.6. The average Bonchev–Trinajstić information content (AvgIpc) is 3.04. The predicted octanol–water partition coefficient (Wildman–Crippen LogP) is 3.60. The van der Waals surface area contributed by atoms with Crippen LogP contribution < -0.4 is 4.90 Å². The van der Waals surface area contributed by atoms with Crippen molar-refractivity contribution in [2.24, 2.45) is 0 Å². The van der Waals surface area contributed by atoms with Gasteiger partial charge < -0.3 is 9.64 Å². The van der Waals surface area contributed by atoms with Crippen LogP contribution in [0.2, 0.25) is 0 Å². The lowest BCUT2D eigenvalue weighted by Crippen LogP contribution is -2.37. The Morgan fingerprint density at radius 1 is 1.36 bits per heavy atom. The summed E-state index contributed by atoms with van der Waals surface area (Å²) in [5.74, 6) is 0.683. The number of hydrogen-bond donors (Lipinski definition) is 0. The van der Waals surface area contributed by atoms with Crippen molar-refractivity contribution in [2.75, 3.05) is 18.6 Å². The number of aryl methyl sites for hydroxylation is 1. The van der Waals surface area contributed by atoms with E-state index in [0.717, 1.165) is 35.8 Å². The Kier molecular flexibility index (Phi) is 4.69. The Balaban J connectivity index is 1.70. The van der Waals surface area contributed by atoms with Crippen molar-refractivity contribution in [1.29, 1.82) is 0 Å². The molecule has 2 heterocycles. The van der Waals surface area contributed by atoms with Gasteiger partial charge in [0, 0.05) is 37.6 Å². The highest BCUT2D eigenvalue weighted by Crippen LogP contribution is 2.32. The summed E-state index contributed by atoms with van der Waals surface area (Å²) in [6.07, 6.45) is 2.72. The molecule has 1 saturated heterocycles. The molecule has 2 atom stereocenters. The summed E-state index contributed by atoms with van der Waals surface area (Å²) in [5.41, 5.74) is 1.03. The average molecular weight is 321 g/mol. The van der Waals surface area contributed by atoms with Gasteiger partial charge in [0.25, 0.3) is 0 Å². The highest BCUT2D eigenvalue weighted by molar-refractivity contribution is 7.09. The third kappa shape index (κ3) is 3.28. The van der Waals surface area contributed by atoms with Crippen molar-refractivity contribution >= 4 is 16.7 Å². The SMILES string of the molecule is CCc1nsc(N(C)[C@H]2CCO[C@H](c3ccc(F)cc3)C2)n1. The number of rotatable bonds is 4. The van der Waals surface area contributed by atoms with E-state index in [-0.39, 0.29) is 11.9 Å². The lowest BCUT2D eigenvalue weighted by molar-refractivity contribution is 0.00588. The highest BCUT2D eigenvalue weighted by atomic mass is 32.1. The molecule has 0 saturated carbocycles. The third-order valence-corrected chi connectivity index (χ3v) is 4.97. The van der Waals surface area contributed by atoms with Crippen molar-refractivity contribution in [1.82, 2.24) is 9.36 Å². The van der Waals surface area contributed by atoms with Gasteiger partial charge in [-0.1, -0.05) is 19.1 Å².